The molecule has 0 aliphatic rings. The molecule has 0 saturated carbocycles. The van der Waals surface area contributed by atoms with Crippen LogP contribution in [0.15, 0.2) is 36.4 Å². The van der Waals surface area contributed by atoms with Crippen LogP contribution in [-0.2, 0) is 10.7 Å². The van der Waals surface area contributed by atoms with Crippen molar-refractivity contribution in [3.8, 4) is 0 Å². The second-order valence-corrected chi connectivity index (χ2v) is 4.32. The van der Waals surface area contributed by atoms with Gasteiger partial charge in [-0.3, -0.25) is 0 Å². The van der Waals surface area contributed by atoms with Gasteiger partial charge in [0.2, 0.25) is 0 Å². The van der Waals surface area contributed by atoms with Crippen molar-refractivity contribution in [2.24, 2.45) is 0 Å². The molecular formula is C12H10Br2. The van der Waals surface area contributed by atoms with E-state index in [4.69, 9.17) is 0 Å². The number of rotatable bonds is 2. The van der Waals surface area contributed by atoms with Gasteiger partial charge in [0.1, 0.15) is 0 Å². The van der Waals surface area contributed by atoms with Crippen LogP contribution in [0.25, 0.3) is 10.8 Å². The SMILES string of the molecule is BrCc1cccc2c(CBr)cccc12. The number of alkyl halides is 2. The Kier molecular flexibility index (Phi) is 3.24. The van der Waals surface area contributed by atoms with Crippen LogP contribution < -0.4 is 0 Å². The van der Waals surface area contributed by atoms with E-state index in [0.29, 0.717) is 0 Å². The molecule has 2 aromatic rings. The van der Waals surface area contributed by atoms with Gasteiger partial charge in [-0.1, -0.05) is 68.3 Å². The van der Waals surface area contributed by atoms with Crippen LogP contribution >= 0.6 is 31.9 Å². The largest absolute Gasteiger partial charge is 0.0876 e. The molecule has 0 aliphatic carbocycles. The molecule has 2 rings (SSSR count). The molecule has 0 bridgehead atoms. The molecule has 2 aromatic carbocycles. The predicted molar refractivity (Wildman–Crippen MR) is 69.2 cm³/mol. The third-order valence-electron chi connectivity index (χ3n) is 2.39. The Morgan fingerprint density at radius 2 is 1.14 bits per heavy atom. The highest BCUT2D eigenvalue weighted by molar-refractivity contribution is 9.08. The second kappa shape index (κ2) is 4.45. The van der Waals surface area contributed by atoms with E-state index in [-0.39, 0.29) is 0 Å². The van der Waals surface area contributed by atoms with Gasteiger partial charge < -0.3 is 0 Å². The first-order valence-electron chi connectivity index (χ1n) is 4.48. The smallest absolute Gasteiger partial charge is 0.0289 e. The topological polar surface area (TPSA) is 0 Å². The molecular weight excluding hydrogens is 304 g/mol. The van der Waals surface area contributed by atoms with Gasteiger partial charge in [-0.15, -0.1) is 0 Å². The molecule has 0 aromatic heterocycles. The summed E-state index contributed by atoms with van der Waals surface area (Å²) in [6.07, 6.45) is 0. The van der Waals surface area contributed by atoms with Crippen molar-refractivity contribution in [3.05, 3.63) is 47.5 Å². The average Bonchev–Trinajstić information content (AvgIpc) is 2.27. The molecule has 0 amide bonds. The van der Waals surface area contributed by atoms with Crippen LogP contribution in [0, 0.1) is 0 Å². The first kappa shape index (κ1) is 10.2. The predicted octanol–water partition coefficient (Wildman–Crippen LogP) is 4.63. The van der Waals surface area contributed by atoms with E-state index in [2.05, 4.69) is 68.3 Å². The van der Waals surface area contributed by atoms with Gasteiger partial charge in [0, 0.05) is 10.7 Å². The molecule has 0 N–H and O–H groups in total. The molecule has 0 radical (unpaired) electrons. The maximum atomic E-state index is 3.51. The van der Waals surface area contributed by atoms with Crippen LogP contribution in [-0.4, -0.2) is 0 Å². The lowest BCUT2D eigenvalue weighted by Gasteiger charge is -2.06. The Bertz CT molecular complexity index is 406. The highest BCUT2D eigenvalue weighted by Gasteiger charge is 2.02. The van der Waals surface area contributed by atoms with Crippen molar-refractivity contribution >= 4 is 42.6 Å². The van der Waals surface area contributed by atoms with Gasteiger partial charge in [0.15, 0.2) is 0 Å². The van der Waals surface area contributed by atoms with Crippen LogP contribution in [0.5, 0.6) is 0 Å². The normalized spacial score (nSPS) is 10.7. The molecule has 0 spiro atoms. The second-order valence-electron chi connectivity index (χ2n) is 3.20. The summed E-state index contributed by atoms with van der Waals surface area (Å²) in [5, 5.41) is 4.52. The van der Waals surface area contributed by atoms with Gasteiger partial charge in [-0.05, 0) is 21.9 Å². The minimum Gasteiger partial charge on any atom is -0.0876 e. The summed E-state index contributed by atoms with van der Waals surface area (Å²) < 4.78 is 0. The van der Waals surface area contributed by atoms with Crippen molar-refractivity contribution in [2.75, 3.05) is 0 Å². The maximum Gasteiger partial charge on any atom is 0.0289 e. The molecule has 0 nitrogen and oxygen atoms in total. The zero-order valence-corrected chi connectivity index (χ0v) is 10.8. The van der Waals surface area contributed by atoms with E-state index in [1.165, 1.54) is 21.9 Å². The summed E-state index contributed by atoms with van der Waals surface area (Å²) in [6.45, 7) is 0. The number of fused-ring (bicyclic) bond motifs is 1. The fourth-order valence-electron chi connectivity index (χ4n) is 1.67. The summed E-state index contributed by atoms with van der Waals surface area (Å²) in [5.74, 6) is 0. The minimum absolute atomic E-state index is 0.913. The summed E-state index contributed by atoms with van der Waals surface area (Å²) in [5.41, 5.74) is 2.70. The quantitative estimate of drug-likeness (QED) is 0.709. The summed E-state index contributed by atoms with van der Waals surface area (Å²) in [6, 6.07) is 12.9. The van der Waals surface area contributed by atoms with Crippen LogP contribution in [0.1, 0.15) is 11.1 Å². The first-order chi connectivity index (χ1) is 6.86. The number of halogens is 2. The first-order valence-corrected chi connectivity index (χ1v) is 6.72. The van der Waals surface area contributed by atoms with Crippen LogP contribution in [0.4, 0.5) is 0 Å². The Morgan fingerprint density at radius 3 is 1.50 bits per heavy atom. The summed E-state index contributed by atoms with van der Waals surface area (Å²) >= 11 is 7.03. The maximum absolute atomic E-state index is 3.51. The van der Waals surface area contributed by atoms with E-state index in [1.54, 1.807) is 0 Å². The van der Waals surface area contributed by atoms with E-state index in [1.807, 2.05) is 0 Å². The van der Waals surface area contributed by atoms with Gasteiger partial charge in [-0.25, -0.2) is 0 Å². The molecule has 0 unspecified atom stereocenters. The Balaban J connectivity index is 2.77. The molecule has 72 valence electrons. The Labute approximate surface area is 101 Å². The molecule has 14 heavy (non-hydrogen) atoms. The van der Waals surface area contributed by atoms with Crippen LogP contribution in [0.2, 0.25) is 0 Å². The van der Waals surface area contributed by atoms with Gasteiger partial charge in [0.05, 0.1) is 0 Å². The van der Waals surface area contributed by atoms with Crippen molar-refractivity contribution in [1.29, 1.82) is 0 Å². The lowest BCUT2D eigenvalue weighted by molar-refractivity contribution is 1.44. The van der Waals surface area contributed by atoms with E-state index >= 15 is 0 Å². The minimum atomic E-state index is 0.913. The lowest BCUT2D eigenvalue weighted by atomic mass is 10.0. The summed E-state index contributed by atoms with van der Waals surface area (Å²) in [7, 11) is 0. The fourth-order valence-corrected chi connectivity index (χ4v) is 2.65. The third-order valence-corrected chi connectivity index (χ3v) is 3.60. The number of benzene rings is 2. The highest BCUT2D eigenvalue weighted by Crippen LogP contribution is 2.25. The van der Waals surface area contributed by atoms with Crippen molar-refractivity contribution < 1.29 is 0 Å². The lowest BCUT2D eigenvalue weighted by Crippen LogP contribution is -1.85. The highest BCUT2D eigenvalue weighted by atomic mass is 79.9. The van der Waals surface area contributed by atoms with E-state index in [0.717, 1.165) is 10.7 Å². The van der Waals surface area contributed by atoms with Gasteiger partial charge >= 0.3 is 0 Å². The van der Waals surface area contributed by atoms with Crippen molar-refractivity contribution in [3.63, 3.8) is 0 Å². The van der Waals surface area contributed by atoms with Crippen molar-refractivity contribution in [2.45, 2.75) is 10.7 Å². The summed E-state index contributed by atoms with van der Waals surface area (Å²) in [4.78, 5) is 0. The molecule has 0 heterocycles. The average molecular weight is 314 g/mol. The van der Waals surface area contributed by atoms with Gasteiger partial charge in [0.25, 0.3) is 0 Å². The molecule has 0 saturated heterocycles. The zero-order valence-electron chi connectivity index (χ0n) is 7.63. The Hall–Kier alpha value is -0.340. The third kappa shape index (κ3) is 1.73. The van der Waals surface area contributed by atoms with E-state index in [9.17, 15) is 0 Å². The Morgan fingerprint density at radius 1 is 0.714 bits per heavy atom. The number of hydrogen-bond acceptors (Lipinski definition) is 0. The van der Waals surface area contributed by atoms with Crippen molar-refractivity contribution in [1.82, 2.24) is 0 Å². The van der Waals surface area contributed by atoms with Gasteiger partial charge in [-0.2, -0.15) is 0 Å². The molecule has 2 heteroatoms. The number of hydrogen-bond donors (Lipinski definition) is 0. The monoisotopic (exact) mass is 312 g/mol. The zero-order chi connectivity index (χ0) is 9.97. The van der Waals surface area contributed by atoms with E-state index < -0.39 is 0 Å². The molecule has 0 aliphatic heterocycles. The van der Waals surface area contributed by atoms with Crippen LogP contribution in [0.3, 0.4) is 0 Å². The molecule has 0 fully saturated rings. The standard InChI is InChI=1S/C12H10Br2/c13-7-9-3-1-5-11-10(8-14)4-2-6-12(9)11/h1-6H,7-8H2. The molecule has 0 atom stereocenters. The fraction of sp³-hybridized carbons (Fsp3) is 0.167.